The number of benzene rings is 2. The van der Waals surface area contributed by atoms with Gasteiger partial charge in [-0.05, 0) is 60.7 Å². The summed E-state index contributed by atoms with van der Waals surface area (Å²) in [7, 11) is 1.56. The van der Waals surface area contributed by atoms with E-state index in [1.165, 1.54) is 16.2 Å². The van der Waals surface area contributed by atoms with Gasteiger partial charge in [-0.3, -0.25) is 9.59 Å². The van der Waals surface area contributed by atoms with Crippen LogP contribution in [0.1, 0.15) is 40.7 Å². The maximum Gasteiger partial charge on any atom is 0.290 e. The molecule has 1 atom stereocenters. The number of ether oxygens (including phenoxy) is 2. The first-order valence-electron chi connectivity index (χ1n) is 10.6. The van der Waals surface area contributed by atoms with Crippen LogP contribution in [0.15, 0.2) is 77.4 Å². The van der Waals surface area contributed by atoms with E-state index in [1.54, 1.807) is 42.8 Å². The first-order chi connectivity index (χ1) is 15.9. The third-order valence-corrected chi connectivity index (χ3v) is 6.22. The molecule has 1 aliphatic heterocycles. The van der Waals surface area contributed by atoms with Gasteiger partial charge in [0, 0.05) is 6.54 Å². The zero-order valence-corrected chi connectivity index (χ0v) is 19.5. The Morgan fingerprint density at radius 2 is 1.85 bits per heavy atom. The van der Waals surface area contributed by atoms with Crippen LogP contribution in [0.25, 0.3) is 0 Å². The van der Waals surface area contributed by atoms with Gasteiger partial charge < -0.3 is 19.5 Å². The molecule has 0 radical (unpaired) electrons. The van der Waals surface area contributed by atoms with Crippen molar-refractivity contribution in [1.82, 2.24) is 4.90 Å². The molecule has 1 aromatic heterocycles. The molecule has 0 saturated carbocycles. The fraction of sp³-hybridized carbons (Fsp3) is 0.231. The van der Waals surface area contributed by atoms with Crippen molar-refractivity contribution < 1.29 is 24.2 Å². The van der Waals surface area contributed by atoms with Gasteiger partial charge in [0.05, 0.1) is 29.7 Å². The molecule has 4 rings (SSSR count). The number of aliphatic hydroxyl groups excluding tert-OH is 1. The summed E-state index contributed by atoms with van der Waals surface area (Å²) >= 11 is 1.27. The summed E-state index contributed by atoms with van der Waals surface area (Å²) in [4.78, 5) is 28.5. The molecular formula is C26H25NO5S. The smallest absolute Gasteiger partial charge is 0.290 e. The van der Waals surface area contributed by atoms with E-state index >= 15 is 0 Å². The molecule has 3 aromatic rings. The molecular weight excluding hydrogens is 438 g/mol. The van der Waals surface area contributed by atoms with Gasteiger partial charge in [0.25, 0.3) is 5.91 Å². The van der Waals surface area contributed by atoms with Crippen molar-refractivity contribution in [2.24, 2.45) is 0 Å². The molecule has 0 spiro atoms. The third-order valence-electron chi connectivity index (χ3n) is 5.35. The molecule has 33 heavy (non-hydrogen) atoms. The van der Waals surface area contributed by atoms with Gasteiger partial charge in [-0.1, -0.05) is 30.3 Å². The van der Waals surface area contributed by atoms with Crippen LogP contribution in [-0.4, -0.2) is 34.9 Å². The van der Waals surface area contributed by atoms with Crippen LogP contribution in [-0.2, 0) is 11.3 Å². The highest BCUT2D eigenvalue weighted by Gasteiger charge is 2.44. The van der Waals surface area contributed by atoms with Crippen LogP contribution in [0.5, 0.6) is 11.5 Å². The fourth-order valence-electron chi connectivity index (χ4n) is 3.89. The van der Waals surface area contributed by atoms with Crippen molar-refractivity contribution >= 4 is 23.0 Å². The maximum absolute atomic E-state index is 13.3. The van der Waals surface area contributed by atoms with Crippen LogP contribution < -0.4 is 9.47 Å². The van der Waals surface area contributed by atoms with E-state index < -0.39 is 17.7 Å². The molecule has 1 N–H and O–H groups in total. The second-order valence-corrected chi connectivity index (χ2v) is 8.94. The van der Waals surface area contributed by atoms with Gasteiger partial charge in [0.1, 0.15) is 11.5 Å². The lowest BCUT2D eigenvalue weighted by Crippen LogP contribution is -2.30. The molecule has 1 unspecified atom stereocenters. The van der Waals surface area contributed by atoms with Crippen LogP contribution in [0.4, 0.5) is 0 Å². The topological polar surface area (TPSA) is 76.1 Å². The lowest BCUT2D eigenvalue weighted by Gasteiger charge is -2.27. The minimum absolute atomic E-state index is 0.0559. The Morgan fingerprint density at radius 3 is 2.48 bits per heavy atom. The van der Waals surface area contributed by atoms with Gasteiger partial charge in [-0.15, -0.1) is 11.3 Å². The van der Waals surface area contributed by atoms with Gasteiger partial charge in [0.2, 0.25) is 5.78 Å². The predicted molar refractivity (Wildman–Crippen MR) is 127 cm³/mol. The van der Waals surface area contributed by atoms with Gasteiger partial charge in [0.15, 0.2) is 5.76 Å². The zero-order chi connectivity index (χ0) is 23.5. The van der Waals surface area contributed by atoms with Crippen molar-refractivity contribution in [3.8, 4) is 11.5 Å². The predicted octanol–water partition coefficient (Wildman–Crippen LogP) is 5.32. The van der Waals surface area contributed by atoms with Crippen molar-refractivity contribution in [3.63, 3.8) is 0 Å². The Balaban J connectivity index is 1.72. The normalized spacial score (nSPS) is 15.9. The molecule has 1 aliphatic rings. The standard InChI is InChI=1S/C26H25NO5S/c1-16(2)32-19-11-9-17(10-12-19)15-27-23(18-6-4-7-20(14-18)31-3)22(25(29)26(27)30)24(28)21-8-5-13-33-21/h4-14,16,23,29H,15H2,1-3H3. The number of carbonyl (C=O) groups is 2. The number of hydrogen-bond acceptors (Lipinski definition) is 6. The van der Waals surface area contributed by atoms with E-state index in [2.05, 4.69) is 0 Å². The Labute approximate surface area is 196 Å². The average molecular weight is 464 g/mol. The van der Waals surface area contributed by atoms with Crippen molar-refractivity contribution in [3.05, 3.63) is 93.4 Å². The molecule has 0 bridgehead atoms. The van der Waals surface area contributed by atoms with Crippen LogP contribution in [0, 0.1) is 0 Å². The van der Waals surface area contributed by atoms with Gasteiger partial charge in [-0.2, -0.15) is 0 Å². The molecule has 7 heteroatoms. The maximum atomic E-state index is 13.3. The number of thiophene rings is 1. The number of methoxy groups -OCH3 is 1. The summed E-state index contributed by atoms with van der Waals surface area (Å²) in [6, 6.07) is 17.4. The van der Waals surface area contributed by atoms with E-state index in [0.29, 0.717) is 16.2 Å². The number of rotatable bonds is 8. The van der Waals surface area contributed by atoms with Gasteiger partial charge >= 0.3 is 0 Å². The minimum Gasteiger partial charge on any atom is -0.503 e. The molecule has 0 saturated heterocycles. The van der Waals surface area contributed by atoms with Gasteiger partial charge in [-0.25, -0.2) is 0 Å². The molecule has 6 nitrogen and oxygen atoms in total. The SMILES string of the molecule is COc1cccc(C2C(C(=O)c3cccs3)=C(O)C(=O)N2Cc2ccc(OC(C)C)cc2)c1. The highest BCUT2D eigenvalue weighted by molar-refractivity contribution is 7.12. The first-order valence-corrected chi connectivity index (χ1v) is 11.5. The summed E-state index contributed by atoms with van der Waals surface area (Å²) in [5.41, 5.74) is 1.62. The second-order valence-electron chi connectivity index (χ2n) is 7.99. The van der Waals surface area contributed by atoms with Crippen molar-refractivity contribution in [1.29, 1.82) is 0 Å². The number of amides is 1. The first kappa shape index (κ1) is 22.6. The Kier molecular flexibility index (Phi) is 6.51. The summed E-state index contributed by atoms with van der Waals surface area (Å²) < 4.78 is 11.1. The molecule has 2 heterocycles. The monoisotopic (exact) mass is 463 g/mol. The summed E-state index contributed by atoms with van der Waals surface area (Å²) in [5, 5.41) is 12.6. The fourth-order valence-corrected chi connectivity index (χ4v) is 4.57. The van der Waals surface area contributed by atoms with Crippen LogP contribution >= 0.6 is 11.3 Å². The lowest BCUT2D eigenvalue weighted by atomic mass is 9.95. The number of carbonyl (C=O) groups excluding carboxylic acids is 2. The summed E-state index contributed by atoms with van der Waals surface area (Å²) in [6.45, 7) is 4.13. The number of nitrogens with zero attached hydrogens (tertiary/aromatic N) is 1. The van der Waals surface area contributed by atoms with Crippen LogP contribution in [0.3, 0.4) is 0 Å². The summed E-state index contributed by atoms with van der Waals surface area (Å²) in [6.07, 6.45) is 0.0559. The number of hydrogen-bond donors (Lipinski definition) is 1. The second kappa shape index (κ2) is 9.50. The largest absolute Gasteiger partial charge is 0.503 e. The molecule has 0 fully saturated rings. The number of Topliss-reactive ketones (excluding diaryl/α,β-unsaturated/α-hetero) is 1. The zero-order valence-electron chi connectivity index (χ0n) is 18.6. The van der Waals surface area contributed by atoms with E-state index in [1.807, 2.05) is 44.2 Å². The third kappa shape index (κ3) is 4.64. The molecule has 170 valence electrons. The average Bonchev–Trinajstić information content (AvgIpc) is 3.43. The van der Waals surface area contributed by atoms with E-state index in [0.717, 1.165) is 11.3 Å². The minimum atomic E-state index is -0.742. The number of aliphatic hydroxyl groups is 1. The quantitative estimate of drug-likeness (QED) is 0.458. The Hall–Kier alpha value is -3.58. The molecule has 2 aromatic carbocycles. The number of ketones is 1. The van der Waals surface area contributed by atoms with E-state index in [4.69, 9.17) is 9.47 Å². The highest BCUT2D eigenvalue weighted by Crippen LogP contribution is 2.41. The van der Waals surface area contributed by atoms with E-state index in [9.17, 15) is 14.7 Å². The van der Waals surface area contributed by atoms with Crippen LogP contribution in [0.2, 0.25) is 0 Å². The highest BCUT2D eigenvalue weighted by atomic mass is 32.1. The molecule has 0 aliphatic carbocycles. The van der Waals surface area contributed by atoms with Crippen molar-refractivity contribution in [2.75, 3.05) is 7.11 Å². The lowest BCUT2D eigenvalue weighted by molar-refractivity contribution is -0.130. The Bertz CT molecular complexity index is 1180. The summed E-state index contributed by atoms with van der Waals surface area (Å²) in [5.74, 6) is -0.108. The molecule has 1 amide bonds. The Morgan fingerprint density at radius 1 is 1.09 bits per heavy atom. The van der Waals surface area contributed by atoms with E-state index in [-0.39, 0.29) is 24.0 Å². The van der Waals surface area contributed by atoms with Crippen molar-refractivity contribution in [2.45, 2.75) is 32.5 Å².